The maximum atomic E-state index is 5.99. The number of furan rings is 1. The Morgan fingerprint density at radius 2 is 2.05 bits per heavy atom. The molecular weight excluding hydrogens is 276 g/mol. The second-order valence-corrected chi connectivity index (χ2v) is 5.64. The Morgan fingerprint density at radius 3 is 2.64 bits per heavy atom. The van der Waals surface area contributed by atoms with Crippen molar-refractivity contribution in [1.29, 1.82) is 0 Å². The van der Waals surface area contributed by atoms with Crippen molar-refractivity contribution in [2.24, 2.45) is 10.7 Å². The van der Waals surface area contributed by atoms with Crippen LogP contribution in [0.15, 0.2) is 46.0 Å². The Morgan fingerprint density at radius 1 is 1.27 bits per heavy atom. The van der Waals surface area contributed by atoms with Gasteiger partial charge in [-0.25, -0.2) is 0 Å². The molecule has 0 fully saturated rings. The van der Waals surface area contributed by atoms with Gasteiger partial charge in [0.15, 0.2) is 5.96 Å². The van der Waals surface area contributed by atoms with Crippen LogP contribution in [0.25, 0.3) is 0 Å². The van der Waals surface area contributed by atoms with Gasteiger partial charge in [-0.15, -0.1) is 0 Å². The third-order valence-corrected chi connectivity index (χ3v) is 3.71. The van der Waals surface area contributed by atoms with Crippen molar-refractivity contribution in [3.05, 3.63) is 53.5 Å². The van der Waals surface area contributed by atoms with Gasteiger partial charge >= 0.3 is 0 Å². The Hall–Kier alpha value is -2.27. The summed E-state index contributed by atoms with van der Waals surface area (Å²) >= 11 is 0. The normalized spacial score (nSPS) is 13.4. The van der Waals surface area contributed by atoms with Gasteiger partial charge in [-0.1, -0.05) is 6.07 Å². The second-order valence-electron chi connectivity index (χ2n) is 5.64. The van der Waals surface area contributed by atoms with E-state index in [1.54, 1.807) is 6.26 Å². The zero-order chi connectivity index (χ0) is 16.1. The van der Waals surface area contributed by atoms with Crippen LogP contribution in [0.4, 0.5) is 5.69 Å². The molecule has 2 aromatic rings. The molecule has 3 N–H and O–H groups in total. The minimum absolute atomic E-state index is 0.0649. The van der Waals surface area contributed by atoms with Crippen LogP contribution in [0.3, 0.4) is 0 Å². The third-order valence-electron chi connectivity index (χ3n) is 3.71. The number of aliphatic imine (C=N–C) groups is 1. The first-order valence-corrected chi connectivity index (χ1v) is 7.31. The van der Waals surface area contributed by atoms with Crippen molar-refractivity contribution in [2.45, 2.75) is 19.9 Å². The maximum absolute atomic E-state index is 5.99. The zero-order valence-corrected chi connectivity index (χ0v) is 13.6. The lowest BCUT2D eigenvalue weighted by molar-refractivity contribution is 0.265. The van der Waals surface area contributed by atoms with Gasteiger partial charge in [0.2, 0.25) is 0 Å². The third kappa shape index (κ3) is 4.11. The molecule has 5 heteroatoms. The van der Waals surface area contributed by atoms with E-state index < -0.39 is 0 Å². The summed E-state index contributed by atoms with van der Waals surface area (Å²) in [6.07, 6.45) is 1.67. The second kappa shape index (κ2) is 7.13. The Kier molecular flexibility index (Phi) is 5.22. The van der Waals surface area contributed by atoms with E-state index in [9.17, 15) is 0 Å². The lowest BCUT2D eigenvalue weighted by Crippen LogP contribution is -2.27. The number of hydrogen-bond donors (Lipinski definition) is 2. The minimum Gasteiger partial charge on any atom is -0.468 e. The van der Waals surface area contributed by atoms with Gasteiger partial charge in [0.1, 0.15) is 5.76 Å². The standard InChI is InChI=1S/C17H24N4O/c1-12-7-8-14(10-13(12)2)20-17(18)19-11-15(21(3)4)16-6-5-9-22-16/h5-10,15H,11H2,1-4H3,(H3,18,19,20). The minimum atomic E-state index is 0.0649. The Bertz CT molecular complexity index is 632. The molecule has 5 nitrogen and oxygen atoms in total. The summed E-state index contributed by atoms with van der Waals surface area (Å²) in [6, 6.07) is 10.0. The molecule has 22 heavy (non-hydrogen) atoms. The molecule has 1 atom stereocenters. The number of anilines is 1. The first-order valence-electron chi connectivity index (χ1n) is 7.31. The van der Waals surface area contributed by atoms with Crippen molar-refractivity contribution in [3.8, 4) is 0 Å². The van der Waals surface area contributed by atoms with Crippen LogP contribution in [0.1, 0.15) is 22.9 Å². The summed E-state index contributed by atoms with van der Waals surface area (Å²) in [5.41, 5.74) is 9.41. The smallest absolute Gasteiger partial charge is 0.193 e. The summed E-state index contributed by atoms with van der Waals surface area (Å²) in [5.74, 6) is 1.29. The van der Waals surface area contributed by atoms with E-state index in [-0.39, 0.29) is 6.04 Å². The molecule has 0 spiro atoms. The van der Waals surface area contributed by atoms with Crippen molar-refractivity contribution >= 4 is 11.6 Å². The zero-order valence-electron chi connectivity index (χ0n) is 13.6. The number of guanidine groups is 1. The summed E-state index contributed by atoms with van der Waals surface area (Å²) in [7, 11) is 3.99. The van der Waals surface area contributed by atoms with Gasteiger partial charge in [-0.05, 0) is 63.3 Å². The molecule has 0 aliphatic rings. The van der Waals surface area contributed by atoms with Crippen molar-refractivity contribution in [3.63, 3.8) is 0 Å². The van der Waals surface area contributed by atoms with Crippen LogP contribution >= 0.6 is 0 Å². The van der Waals surface area contributed by atoms with Gasteiger partial charge < -0.3 is 15.5 Å². The fourth-order valence-electron chi connectivity index (χ4n) is 2.18. The van der Waals surface area contributed by atoms with Gasteiger partial charge in [0.05, 0.1) is 18.8 Å². The van der Waals surface area contributed by atoms with E-state index in [1.807, 2.05) is 32.3 Å². The predicted octanol–water partition coefficient (Wildman–Crippen LogP) is 2.93. The highest BCUT2D eigenvalue weighted by atomic mass is 16.3. The van der Waals surface area contributed by atoms with E-state index in [0.29, 0.717) is 12.5 Å². The van der Waals surface area contributed by atoms with E-state index in [1.165, 1.54) is 11.1 Å². The number of nitrogens with zero attached hydrogens (tertiary/aromatic N) is 2. The summed E-state index contributed by atoms with van der Waals surface area (Å²) in [4.78, 5) is 6.49. The lowest BCUT2D eigenvalue weighted by Gasteiger charge is -2.20. The number of hydrogen-bond acceptors (Lipinski definition) is 3. The molecule has 0 amide bonds. The molecule has 0 bridgehead atoms. The van der Waals surface area contributed by atoms with Gasteiger partial charge in [-0.3, -0.25) is 9.89 Å². The Balaban J connectivity index is 2.03. The fraction of sp³-hybridized carbons (Fsp3) is 0.353. The lowest BCUT2D eigenvalue weighted by atomic mass is 10.1. The molecule has 0 radical (unpaired) electrons. The quantitative estimate of drug-likeness (QED) is 0.658. The van der Waals surface area contributed by atoms with Crippen LogP contribution in [-0.2, 0) is 0 Å². The van der Waals surface area contributed by atoms with E-state index in [0.717, 1.165) is 11.4 Å². The first kappa shape index (κ1) is 16.1. The maximum Gasteiger partial charge on any atom is 0.193 e. The topological polar surface area (TPSA) is 66.8 Å². The van der Waals surface area contributed by atoms with Crippen molar-refractivity contribution in [1.82, 2.24) is 4.90 Å². The van der Waals surface area contributed by atoms with E-state index in [4.69, 9.17) is 10.2 Å². The summed E-state index contributed by atoms with van der Waals surface area (Å²) in [6.45, 7) is 4.69. The van der Waals surface area contributed by atoms with Crippen LogP contribution < -0.4 is 11.1 Å². The largest absolute Gasteiger partial charge is 0.468 e. The average molecular weight is 300 g/mol. The highest BCUT2D eigenvalue weighted by molar-refractivity contribution is 5.92. The molecule has 0 aliphatic heterocycles. The van der Waals surface area contributed by atoms with Gasteiger partial charge in [0, 0.05) is 5.69 Å². The molecule has 0 aliphatic carbocycles. The van der Waals surface area contributed by atoms with Gasteiger partial charge in [-0.2, -0.15) is 0 Å². The molecule has 118 valence electrons. The van der Waals surface area contributed by atoms with Crippen molar-refractivity contribution in [2.75, 3.05) is 26.0 Å². The molecule has 2 rings (SSSR count). The highest BCUT2D eigenvalue weighted by Gasteiger charge is 2.16. The van der Waals surface area contributed by atoms with Crippen molar-refractivity contribution < 1.29 is 4.42 Å². The van der Waals surface area contributed by atoms with Gasteiger partial charge in [0.25, 0.3) is 0 Å². The molecule has 0 saturated heterocycles. The number of benzene rings is 1. The SMILES string of the molecule is Cc1ccc(NC(N)=NCC(c2ccco2)N(C)C)cc1C. The summed E-state index contributed by atoms with van der Waals surface area (Å²) < 4.78 is 5.46. The number of likely N-dealkylation sites (N-methyl/N-ethyl adjacent to an activating group) is 1. The van der Waals surface area contributed by atoms with E-state index in [2.05, 4.69) is 41.2 Å². The predicted molar refractivity (Wildman–Crippen MR) is 91.2 cm³/mol. The average Bonchev–Trinajstić information content (AvgIpc) is 2.97. The highest BCUT2D eigenvalue weighted by Crippen LogP contribution is 2.19. The molecule has 0 saturated carbocycles. The monoisotopic (exact) mass is 300 g/mol. The number of nitrogens with two attached hydrogens (primary N) is 1. The molecule has 1 aromatic carbocycles. The number of aryl methyl sites for hydroxylation is 2. The summed E-state index contributed by atoms with van der Waals surface area (Å²) in [5, 5.41) is 3.13. The molecular formula is C17H24N4O. The van der Waals surface area contributed by atoms with Crippen LogP contribution in [-0.4, -0.2) is 31.5 Å². The first-order chi connectivity index (χ1) is 10.5. The fourth-order valence-corrected chi connectivity index (χ4v) is 2.18. The number of rotatable bonds is 5. The van der Waals surface area contributed by atoms with Crippen LogP contribution in [0.2, 0.25) is 0 Å². The molecule has 1 aromatic heterocycles. The van der Waals surface area contributed by atoms with E-state index >= 15 is 0 Å². The van der Waals surface area contributed by atoms with Crippen LogP contribution in [0.5, 0.6) is 0 Å². The Labute approximate surface area is 131 Å². The molecule has 1 heterocycles. The van der Waals surface area contributed by atoms with Crippen LogP contribution in [0, 0.1) is 13.8 Å². The molecule has 1 unspecified atom stereocenters. The number of nitrogens with one attached hydrogen (secondary N) is 1.